The van der Waals surface area contributed by atoms with E-state index in [1.807, 2.05) is 0 Å². The Morgan fingerprint density at radius 3 is 2.63 bits per heavy atom. The maximum absolute atomic E-state index is 11.4. The number of rotatable bonds is 3. The predicted molar refractivity (Wildman–Crippen MR) is 70.2 cm³/mol. The zero-order valence-electron chi connectivity index (χ0n) is 10.5. The number of aryl methyl sites for hydroxylation is 1. The monoisotopic (exact) mass is 279 g/mol. The van der Waals surface area contributed by atoms with Crippen LogP contribution in [0.5, 0.6) is 0 Å². The van der Waals surface area contributed by atoms with Crippen molar-refractivity contribution in [1.82, 2.24) is 14.8 Å². The summed E-state index contributed by atoms with van der Waals surface area (Å²) in [6.45, 7) is 1.79. The Bertz CT molecular complexity index is 748. The largest absolute Gasteiger partial charge is 0.384 e. The van der Waals surface area contributed by atoms with Crippen LogP contribution >= 0.6 is 0 Å². The molecule has 0 radical (unpaired) electrons. The Balaban J connectivity index is 2.62. The number of aromatic nitrogens is 3. The summed E-state index contributed by atoms with van der Waals surface area (Å²) in [6.07, 6.45) is 3.69. The van der Waals surface area contributed by atoms with Crippen molar-refractivity contribution in [2.45, 2.75) is 11.8 Å². The van der Waals surface area contributed by atoms with Crippen LogP contribution in [0.25, 0.3) is 5.82 Å². The fraction of sp³-hybridized carbons (Fsp3) is 0.182. The topological polar surface area (TPSA) is 115 Å². The summed E-state index contributed by atoms with van der Waals surface area (Å²) in [5.41, 5.74) is 6.59. The van der Waals surface area contributed by atoms with Crippen molar-refractivity contribution in [1.29, 1.82) is 5.41 Å². The lowest BCUT2D eigenvalue weighted by Crippen LogP contribution is -2.16. The SMILES string of the molecule is Cc1ccc(C(=N)N)c(-n2cc(S(C)(=O)=O)cn2)n1. The number of nitrogens with one attached hydrogen (secondary N) is 1. The number of hydrogen-bond donors (Lipinski definition) is 2. The van der Waals surface area contributed by atoms with Gasteiger partial charge < -0.3 is 5.73 Å². The maximum atomic E-state index is 11.4. The molecule has 0 aromatic carbocycles. The minimum absolute atomic E-state index is 0.0882. The van der Waals surface area contributed by atoms with Crippen LogP contribution in [-0.2, 0) is 9.84 Å². The maximum Gasteiger partial charge on any atom is 0.178 e. The molecule has 2 aromatic heterocycles. The third kappa shape index (κ3) is 2.63. The highest BCUT2D eigenvalue weighted by molar-refractivity contribution is 7.90. The molecule has 0 aliphatic carbocycles. The zero-order valence-corrected chi connectivity index (χ0v) is 11.3. The average Bonchev–Trinajstić information content (AvgIpc) is 2.77. The first kappa shape index (κ1) is 13.2. The van der Waals surface area contributed by atoms with E-state index in [1.165, 1.54) is 17.1 Å². The molecule has 0 spiro atoms. The fourth-order valence-corrected chi connectivity index (χ4v) is 2.07. The first-order valence-corrected chi connectivity index (χ1v) is 7.25. The molecule has 2 rings (SSSR count). The highest BCUT2D eigenvalue weighted by Crippen LogP contribution is 2.15. The number of nitrogens with two attached hydrogens (primary N) is 1. The molecule has 0 saturated carbocycles. The van der Waals surface area contributed by atoms with Crippen LogP contribution in [0.15, 0.2) is 29.4 Å². The van der Waals surface area contributed by atoms with Crippen LogP contribution in [0.2, 0.25) is 0 Å². The number of nitrogens with zero attached hydrogens (tertiary/aromatic N) is 3. The van der Waals surface area contributed by atoms with E-state index in [9.17, 15) is 8.42 Å². The molecular formula is C11H13N5O2S. The highest BCUT2D eigenvalue weighted by Gasteiger charge is 2.14. The van der Waals surface area contributed by atoms with Crippen molar-refractivity contribution in [2.75, 3.05) is 6.26 Å². The van der Waals surface area contributed by atoms with E-state index in [0.29, 0.717) is 11.4 Å². The molecule has 0 amide bonds. The second-order valence-corrected chi connectivity index (χ2v) is 6.15. The Morgan fingerprint density at radius 2 is 2.11 bits per heavy atom. The average molecular weight is 279 g/mol. The molecule has 0 bridgehead atoms. The number of amidine groups is 1. The van der Waals surface area contributed by atoms with Gasteiger partial charge in [-0.15, -0.1) is 0 Å². The number of nitrogen functional groups attached to an aromatic ring is 1. The van der Waals surface area contributed by atoms with Crippen molar-refractivity contribution in [3.05, 3.63) is 35.8 Å². The van der Waals surface area contributed by atoms with E-state index >= 15 is 0 Å². The number of sulfone groups is 1. The zero-order chi connectivity index (χ0) is 14.2. The fourth-order valence-electron chi connectivity index (χ4n) is 1.54. The van der Waals surface area contributed by atoms with Crippen molar-refractivity contribution in [3.63, 3.8) is 0 Å². The van der Waals surface area contributed by atoms with Gasteiger partial charge in [0.15, 0.2) is 15.7 Å². The summed E-state index contributed by atoms with van der Waals surface area (Å²) in [7, 11) is -3.33. The Hall–Kier alpha value is -2.22. The summed E-state index contributed by atoms with van der Waals surface area (Å²) in [4.78, 5) is 4.33. The smallest absolute Gasteiger partial charge is 0.178 e. The van der Waals surface area contributed by atoms with Gasteiger partial charge >= 0.3 is 0 Å². The standard InChI is InChI=1S/C11H13N5O2S/c1-7-3-4-9(10(12)13)11(15-7)16-6-8(5-14-16)19(2,17)18/h3-6H,1-2H3,(H3,12,13). The molecule has 0 aliphatic rings. The van der Waals surface area contributed by atoms with Gasteiger partial charge in [-0.3, -0.25) is 5.41 Å². The van der Waals surface area contributed by atoms with Crippen molar-refractivity contribution >= 4 is 15.7 Å². The van der Waals surface area contributed by atoms with Crippen LogP contribution in [0.4, 0.5) is 0 Å². The minimum Gasteiger partial charge on any atom is -0.384 e. The van der Waals surface area contributed by atoms with Gasteiger partial charge in [-0.25, -0.2) is 18.1 Å². The first-order valence-electron chi connectivity index (χ1n) is 5.36. The third-order valence-electron chi connectivity index (χ3n) is 2.51. The molecule has 7 nitrogen and oxygen atoms in total. The van der Waals surface area contributed by atoms with E-state index in [4.69, 9.17) is 11.1 Å². The van der Waals surface area contributed by atoms with Gasteiger partial charge in [0.1, 0.15) is 10.7 Å². The molecule has 2 heterocycles. The lowest BCUT2D eigenvalue weighted by atomic mass is 10.2. The van der Waals surface area contributed by atoms with Gasteiger partial charge in [-0.05, 0) is 19.1 Å². The van der Waals surface area contributed by atoms with Crippen LogP contribution in [0, 0.1) is 12.3 Å². The van der Waals surface area contributed by atoms with Gasteiger partial charge in [0.25, 0.3) is 0 Å². The lowest BCUT2D eigenvalue weighted by molar-refractivity contribution is 0.602. The molecule has 0 aliphatic heterocycles. The summed E-state index contributed by atoms with van der Waals surface area (Å²) in [5.74, 6) is 0.182. The first-order chi connectivity index (χ1) is 8.79. The van der Waals surface area contributed by atoms with Crippen molar-refractivity contribution < 1.29 is 8.42 Å². The normalized spacial score (nSPS) is 11.5. The van der Waals surface area contributed by atoms with E-state index in [0.717, 1.165) is 11.9 Å². The molecule has 8 heteroatoms. The van der Waals surface area contributed by atoms with E-state index < -0.39 is 9.84 Å². The Morgan fingerprint density at radius 1 is 1.42 bits per heavy atom. The molecule has 0 unspecified atom stereocenters. The second kappa shape index (κ2) is 4.47. The molecule has 19 heavy (non-hydrogen) atoms. The van der Waals surface area contributed by atoms with E-state index in [1.54, 1.807) is 19.1 Å². The van der Waals surface area contributed by atoms with Gasteiger partial charge in [-0.1, -0.05) is 0 Å². The predicted octanol–water partition coefficient (Wildman–Crippen LogP) is 0.263. The van der Waals surface area contributed by atoms with Gasteiger partial charge in [0.05, 0.1) is 18.0 Å². The van der Waals surface area contributed by atoms with Crippen molar-refractivity contribution in [3.8, 4) is 5.82 Å². The Labute approximate surface area is 110 Å². The molecular weight excluding hydrogens is 266 g/mol. The molecule has 3 N–H and O–H groups in total. The molecule has 0 atom stereocenters. The van der Waals surface area contributed by atoms with Gasteiger partial charge in [0.2, 0.25) is 0 Å². The highest BCUT2D eigenvalue weighted by atomic mass is 32.2. The van der Waals surface area contributed by atoms with Crippen LogP contribution in [0.1, 0.15) is 11.3 Å². The van der Waals surface area contributed by atoms with Crippen molar-refractivity contribution in [2.24, 2.45) is 5.73 Å². The van der Waals surface area contributed by atoms with Crippen LogP contribution in [-0.4, -0.2) is 35.3 Å². The van der Waals surface area contributed by atoms with E-state index in [2.05, 4.69) is 10.1 Å². The minimum atomic E-state index is -3.33. The second-order valence-electron chi connectivity index (χ2n) is 4.13. The third-order valence-corrected chi connectivity index (χ3v) is 3.58. The van der Waals surface area contributed by atoms with Gasteiger partial charge in [0, 0.05) is 11.9 Å². The molecule has 0 saturated heterocycles. The quantitative estimate of drug-likeness (QED) is 0.618. The molecule has 2 aromatic rings. The summed E-state index contributed by atoms with van der Waals surface area (Å²) >= 11 is 0. The van der Waals surface area contributed by atoms with Crippen LogP contribution < -0.4 is 5.73 Å². The number of hydrogen-bond acceptors (Lipinski definition) is 5. The summed E-state index contributed by atoms with van der Waals surface area (Å²) < 4.78 is 24.2. The van der Waals surface area contributed by atoms with Crippen LogP contribution in [0.3, 0.4) is 0 Å². The number of pyridine rings is 1. The summed E-state index contributed by atoms with van der Waals surface area (Å²) in [6, 6.07) is 3.38. The summed E-state index contributed by atoms with van der Waals surface area (Å²) in [5, 5.41) is 11.5. The lowest BCUT2D eigenvalue weighted by Gasteiger charge is -2.07. The molecule has 0 fully saturated rings. The van der Waals surface area contributed by atoms with E-state index in [-0.39, 0.29) is 10.7 Å². The van der Waals surface area contributed by atoms with Gasteiger partial charge in [-0.2, -0.15) is 5.10 Å². The Kier molecular flexibility index (Phi) is 3.11. The molecule has 100 valence electrons.